The smallest absolute Gasteiger partial charge is 0.0925 e. The molecule has 0 spiro atoms. The molecule has 0 aromatic carbocycles. The first kappa shape index (κ1) is 12.0. The fourth-order valence-corrected chi connectivity index (χ4v) is 2.92. The van der Waals surface area contributed by atoms with E-state index in [1.165, 1.54) is 23.8 Å². The number of hydrogen-bond donors (Lipinski definition) is 1. The molecule has 90 valence electrons. The number of rotatable bonds is 4. The van der Waals surface area contributed by atoms with Crippen molar-refractivity contribution in [3.63, 3.8) is 0 Å². The van der Waals surface area contributed by atoms with E-state index in [1.807, 2.05) is 0 Å². The Hall–Kier alpha value is -0.450. The minimum Gasteiger partial charge on any atom is -0.314 e. The molecule has 3 nitrogen and oxygen atoms in total. The van der Waals surface area contributed by atoms with Crippen molar-refractivity contribution >= 4 is 11.3 Å². The van der Waals surface area contributed by atoms with E-state index in [9.17, 15) is 0 Å². The van der Waals surface area contributed by atoms with Crippen LogP contribution in [-0.4, -0.2) is 42.1 Å². The van der Waals surface area contributed by atoms with Crippen LogP contribution >= 0.6 is 11.3 Å². The summed E-state index contributed by atoms with van der Waals surface area (Å²) in [4.78, 5) is 7.20. The van der Waals surface area contributed by atoms with Gasteiger partial charge in [-0.05, 0) is 13.3 Å². The Morgan fingerprint density at radius 3 is 2.88 bits per heavy atom. The summed E-state index contributed by atoms with van der Waals surface area (Å²) in [7, 11) is 0. The highest BCUT2D eigenvalue weighted by Crippen LogP contribution is 2.14. The van der Waals surface area contributed by atoms with Crippen molar-refractivity contribution in [1.82, 2.24) is 15.2 Å². The summed E-state index contributed by atoms with van der Waals surface area (Å²) in [5.41, 5.74) is 1.27. The van der Waals surface area contributed by atoms with Crippen molar-refractivity contribution in [3.05, 3.63) is 16.1 Å². The van der Waals surface area contributed by atoms with Gasteiger partial charge in [0.15, 0.2) is 0 Å². The van der Waals surface area contributed by atoms with Crippen LogP contribution in [0.1, 0.15) is 24.5 Å². The Balaban J connectivity index is 1.87. The maximum atomic E-state index is 4.64. The molecule has 1 aromatic rings. The standard InChI is InChI=1S/C12H21N3S/c1-3-12-14-11(9-16-12)8-10(2)15-6-4-13-5-7-15/h9-10,13H,3-8H2,1-2H3. The number of aromatic nitrogens is 1. The topological polar surface area (TPSA) is 28.2 Å². The molecular weight excluding hydrogens is 218 g/mol. The molecule has 4 heteroatoms. The van der Waals surface area contributed by atoms with E-state index in [-0.39, 0.29) is 0 Å². The lowest BCUT2D eigenvalue weighted by atomic mass is 10.1. The zero-order valence-electron chi connectivity index (χ0n) is 10.2. The number of piperazine rings is 1. The third kappa shape index (κ3) is 3.03. The molecular formula is C12H21N3S. The second kappa shape index (κ2) is 5.75. The first-order valence-corrected chi connectivity index (χ1v) is 7.05. The zero-order valence-corrected chi connectivity index (χ0v) is 11.0. The summed E-state index contributed by atoms with van der Waals surface area (Å²) in [6.07, 6.45) is 2.16. The monoisotopic (exact) mass is 239 g/mol. The third-order valence-corrected chi connectivity index (χ3v) is 4.22. The zero-order chi connectivity index (χ0) is 11.4. The van der Waals surface area contributed by atoms with Gasteiger partial charge in [0.25, 0.3) is 0 Å². The van der Waals surface area contributed by atoms with E-state index < -0.39 is 0 Å². The van der Waals surface area contributed by atoms with Gasteiger partial charge in [-0.15, -0.1) is 11.3 Å². The molecule has 1 aliphatic heterocycles. The molecule has 1 fully saturated rings. The van der Waals surface area contributed by atoms with Gasteiger partial charge in [-0.25, -0.2) is 4.98 Å². The summed E-state index contributed by atoms with van der Waals surface area (Å²) >= 11 is 1.80. The summed E-state index contributed by atoms with van der Waals surface area (Å²) in [6, 6.07) is 0.619. The normalized spacial score (nSPS) is 19.9. The minimum atomic E-state index is 0.619. The lowest BCUT2D eigenvalue weighted by Gasteiger charge is -2.32. The van der Waals surface area contributed by atoms with Gasteiger partial charge in [-0.3, -0.25) is 4.90 Å². The molecule has 0 amide bonds. The fourth-order valence-electron chi connectivity index (χ4n) is 2.16. The first-order chi connectivity index (χ1) is 7.79. The summed E-state index contributed by atoms with van der Waals surface area (Å²) < 4.78 is 0. The van der Waals surface area contributed by atoms with E-state index in [2.05, 4.69) is 34.4 Å². The molecule has 16 heavy (non-hydrogen) atoms. The number of thiazole rings is 1. The molecule has 2 rings (SSSR count). The van der Waals surface area contributed by atoms with E-state index in [0.29, 0.717) is 6.04 Å². The van der Waals surface area contributed by atoms with Gasteiger partial charge in [0.1, 0.15) is 0 Å². The summed E-state index contributed by atoms with van der Waals surface area (Å²) in [6.45, 7) is 9.08. The maximum absolute atomic E-state index is 4.64. The Morgan fingerprint density at radius 2 is 2.25 bits per heavy atom. The second-order valence-electron chi connectivity index (χ2n) is 4.43. The molecule has 1 aliphatic rings. The van der Waals surface area contributed by atoms with Crippen LogP contribution in [0.5, 0.6) is 0 Å². The summed E-state index contributed by atoms with van der Waals surface area (Å²) in [5.74, 6) is 0. The lowest BCUT2D eigenvalue weighted by molar-refractivity contribution is 0.182. The Bertz CT molecular complexity index is 318. The SMILES string of the molecule is CCc1nc(CC(C)N2CCNCC2)cs1. The van der Waals surface area contributed by atoms with Gasteiger partial charge in [0.2, 0.25) is 0 Å². The maximum Gasteiger partial charge on any atom is 0.0925 e. The highest BCUT2D eigenvalue weighted by Gasteiger charge is 2.17. The van der Waals surface area contributed by atoms with Crippen molar-refractivity contribution in [3.8, 4) is 0 Å². The van der Waals surface area contributed by atoms with Crippen LogP contribution in [0.25, 0.3) is 0 Å². The highest BCUT2D eigenvalue weighted by molar-refractivity contribution is 7.09. The molecule has 1 atom stereocenters. The van der Waals surface area contributed by atoms with Gasteiger partial charge in [0, 0.05) is 44.0 Å². The molecule has 1 saturated heterocycles. The van der Waals surface area contributed by atoms with Gasteiger partial charge in [-0.1, -0.05) is 6.92 Å². The number of nitrogens with zero attached hydrogens (tertiary/aromatic N) is 2. The van der Waals surface area contributed by atoms with E-state index >= 15 is 0 Å². The Kier molecular flexibility index (Phi) is 4.32. The van der Waals surface area contributed by atoms with Crippen LogP contribution in [0.4, 0.5) is 0 Å². The summed E-state index contributed by atoms with van der Waals surface area (Å²) in [5, 5.41) is 6.88. The predicted molar refractivity (Wildman–Crippen MR) is 69.1 cm³/mol. The minimum absolute atomic E-state index is 0.619. The Morgan fingerprint density at radius 1 is 1.50 bits per heavy atom. The van der Waals surface area contributed by atoms with Crippen molar-refractivity contribution < 1.29 is 0 Å². The molecule has 1 unspecified atom stereocenters. The molecule has 0 aliphatic carbocycles. The fraction of sp³-hybridized carbons (Fsp3) is 0.750. The van der Waals surface area contributed by atoms with Crippen LogP contribution in [0.15, 0.2) is 5.38 Å². The molecule has 1 N–H and O–H groups in total. The lowest BCUT2D eigenvalue weighted by Crippen LogP contribution is -2.48. The molecule has 0 saturated carbocycles. The molecule has 1 aromatic heterocycles. The van der Waals surface area contributed by atoms with Crippen molar-refractivity contribution in [2.75, 3.05) is 26.2 Å². The average molecular weight is 239 g/mol. The van der Waals surface area contributed by atoms with Crippen LogP contribution < -0.4 is 5.32 Å². The number of nitrogens with one attached hydrogen (secondary N) is 1. The average Bonchev–Trinajstić information content (AvgIpc) is 2.78. The van der Waals surface area contributed by atoms with Gasteiger partial charge in [0.05, 0.1) is 10.7 Å². The molecule has 2 heterocycles. The largest absolute Gasteiger partial charge is 0.314 e. The van der Waals surface area contributed by atoms with Gasteiger partial charge in [-0.2, -0.15) is 0 Å². The number of aryl methyl sites for hydroxylation is 1. The van der Waals surface area contributed by atoms with Crippen LogP contribution in [-0.2, 0) is 12.8 Å². The predicted octanol–water partition coefficient (Wildman–Crippen LogP) is 1.54. The quantitative estimate of drug-likeness (QED) is 0.864. The van der Waals surface area contributed by atoms with Crippen LogP contribution in [0.3, 0.4) is 0 Å². The van der Waals surface area contributed by atoms with Gasteiger partial charge >= 0.3 is 0 Å². The first-order valence-electron chi connectivity index (χ1n) is 6.17. The van der Waals surface area contributed by atoms with E-state index in [0.717, 1.165) is 25.9 Å². The van der Waals surface area contributed by atoms with Crippen molar-refractivity contribution in [2.45, 2.75) is 32.7 Å². The third-order valence-electron chi connectivity index (χ3n) is 3.18. The molecule has 0 bridgehead atoms. The molecule has 0 radical (unpaired) electrons. The highest BCUT2D eigenvalue weighted by atomic mass is 32.1. The Labute approximate surface area is 102 Å². The van der Waals surface area contributed by atoms with Crippen LogP contribution in [0, 0.1) is 0 Å². The van der Waals surface area contributed by atoms with Crippen LogP contribution in [0.2, 0.25) is 0 Å². The van der Waals surface area contributed by atoms with Crippen molar-refractivity contribution in [2.24, 2.45) is 0 Å². The van der Waals surface area contributed by atoms with Crippen molar-refractivity contribution in [1.29, 1.82) is 0 Å². The van der Waals surface area contributed by atoms with Gasteiger partial charge < -0.3 is 5.32 Å². The second-order valence-corrected chi connectivity index (χ2v) is 5.37. The van der Waals surface area contributed by atoms with E-state index in [1.54, 1.807) is 11.3 Å². The van der Waals surface area contributed by atoms with E-state index in [4.69, 9.17) is 0 Å². The number of hydrogen-bond acceptors (Lipinski definition) is 4.